The third-order valence-corrected chi connectivity index (χ3v) is 3.39. The first-order valence-corrected chi connectivity index (χ1v) is 7.06. The fourth-order valence-electron chi connectivity index (χ4n) is 2.28. The Labute approximate surface area is 127 Å². The lowest BCUT2D eigenvalue weighted by atomic mass is 10.2. The monoisotopic (exact) mass is 290 g/mol. The number of hydrogen-bond donors (Lipinski definition) is 1. The zero-order chi connectivity index (χ0) is 14.8. The van der Waals surface area contributed by atoms with E-state index < -0.39 is 0 Å². The van der Waals surface area contributed by atoms with Gasteiger partial charge in [0.05, 0.1) is 11.0 Å². The molecule has 22 heavy (non-hydrogen) atoms. The maximum Gasteiger partial charge on any atom is 0.233 e. The number of ether oxygens (including phenoxy) is 1. The van der Waals surface area contributed by atoms with Gasteiger partial charge in [-0.05, 0) is 17.7 Å². The standard InChI is InChI=1S/C17H14N4O/c1-2-6-13(7-3-1)12-22-16-10-11-21(20-16)17-18-14-8-4-5-9-15(14)19-17/h1-11H,12H2,(H,18,19). The first-order chi connectivity index (χ1) is 10.9. The highest BCUT2D eigenvalue weighted by Crippen LogP contribution is 2.15. The Kier molecular flexibility index (Phi) is 3.08. The summed E-state index contributed by atoms with van der Waals surface area (Å²) in [6, 6.07) is 19.7. The predicted octanol–water partition coefficient (Wildman–Crippen LogP) is 3.33. The van der Waals surface area contributed by atoms with Crippen LogP contribution < -0.4 is 4.74 Å². The van der Waals surface area contributed by atoms with E-state index in [4.69, 9.17) is 4.74 Å². The van der Waals surface area contributed by atoms with Crippen molar-refractivity contribution in [3.05, 3.63) is 72.4 Å². The molecule has 0 saturated heterocycles. The minimum Gasteiger partial charge on any atom is -0.472 e. The molecule has 0 spiro atoms. The molecule has 0 bridgehead atoms. The average Bonchev–Trinajstić information content (AvgIpc) is 3.20. The Morgan fingerprint density at radius 2 is 1.77 bits per heavy atom. The molecule has 4 aromatic rings. The minimum absolute atomic E-state index is 0.498. The average molecular weight is 290 g/mol. The van der Waals surface area contributed by atoms with E-state index in [2.05, 4.69) is 15.1 Å². The van der Waals surface area contributed by atoms with Crippen LogP contribution in [0.5, 0.6) is 5.88 Å². The van der Waals surface area contributed by atoms with Gasteiger partial charge in [-0.25, -0.2) is 9.67 Å². The molecule has 0 saturated carbocycles. The zero-order valence-corrected chi connectivity index (χ0v) is 11.8. The Bertz CT molecular complexity index is 862. The summed E-state index contributed by atoms with van der Waals surface area (Å²) in [5.41, 5.74) is 3.01. The van der Waals surface area contributed by atoms with Crippen molar-refractivity contribution in [3.63, 3.8) is 0 Å². The number of imidazole rings is 1. The van der Waals surface area contributed by atoms with Crippen LogP contribution in [0.1, 0.15) is 5.56 Å². The zero-order valence-electron chi connectivity index (χ0n) is 11.8. The highest BCUT2D eigenvalue weighted by molar-refractivity contribution is 5.75. The highest BCUT2D eigenvalue weighted by atomic mass is 16.5. The van der Waals surface area contributed by atoms with Crippen LogP contribution in [0.25, 0.3) is 17.0 Å². The van der Waals surface area contributed by atoms with Crippen LogP contribution in [0.15, 0.2) is 66.9 Å². The third kappa shape index (κ3) is 2.44. The van der Waals surface area contributed by atoms with Crippen molar-refractivity contribution in [2.24, 2.45) is 0 Å². The molecular formula is C17H14N4O. The quantitative estimate of drug-likeness (QED) is 0.627. The van der Waals surface area contributed by atoms with E-state index in [1.54, 1.807) is 4.68 Å². The van der Waals surface area contributed by atoms with Crippen LogP contribution in [0.2, 0.25) is 0 Å². The number of hydrogen-bond acceptors (Lipinski definition) is 3. The van der Waals surface area contributed by atoms with Crippen LogP contribution in [-0.4, -0.2) is 19.7 Å². The summed E-state index contributed by atoms with van der Waals surface area (Å²) in [6.45, 7) is 0.498. The Morgan fingerprint density at radius 1 is 0.955 bits per heavy atom. The van der Waals surface area contributed by atoms with E-state index in [0.717, 1.165) is 16.6 Å². The van der Waals surface area contributed by atoms with E-state index in [1.807, 2.05) is 66.9 Å². The lowest BCUT2D eigenvalue weighted by molar-refractivity contribution is 0.291. The molecule has 2 aromatic heterocycles. The Hall–Kier alpha value is -3.08. The molecule has 0 radical (unpaired) electrons. The van der Waals surface area contributed by atoms with Gasteiger partial charge in [0.2, 0.25) is 11.8 Å². The topological polar surface area (TPSA) is 55.7 Å². The SMILES string of the molecule is c1ccc(COc2ccn(-c3nc4ccccc4[nH]3)n2)cc1. The van der Waals surface area contributed by atoms with Crippen LogP contribution in [0.4, 0.5) is 0 Å². The normalized spacial score (nSPS) is 10.9. The van der Waals surface area contributed by atoms with E-state index in [9.17, 15) is 0 Å². The van der Waals surface area contributed by atoms with Gasteiger partial charge in [0.1, 0.15) is 6.61 Å². The van der Waals surface area contributed by atoms with Gasteiger partial charge < -0.3 is 9.72 Å². The second-order valence-electron chi connectivity index (χ2n) is 4.95. The number of fused-ring (bicyclic) bond motifs is 1. The van der Waals surface area contributed by atoms with Gasteiger partial charge in [-0.3, -0.25) is 0 Å². The van der Waals surface area contributed by atoms with Gasteiger partial charge in [0, 0.05) is 12.3 Å². The maximum atomic E-state index is 5.69. The molecule has 108 valence electrons. The second kappa shape index (κ2) is 5.37. The van der Waals surface area contributed by atoms with Gasteiger partial charge in [-0.15, -0.1) is 5.10 Å². The minimum atomic E-state index is 0.498. The highest BCUT2D eigenvalue weighted by Gasteiger charge is 2.07. The fraction of sp³-hybridized carbons (Fsp3) is 0.0588. The number of nitrogens with one attached hydrogen (secondary N) is 1. The molecule has 0 atom stereocenters. The van der Waals surface area contributed by atoms with Crippen molar-refractivity contribution >= 4 is 11.0 Å². The molecule has 0 amide bonds. The van der Waals surface area contributed by atoms with Crippen LogP contribution in [0, 0.1) is 0 Å². The van der Waals surface area contributed by atoms with Crippen molar-refractivity contribution in [2.75, 3.05) is 0 Å². The Morgan fingerprint density at radius 3 is 2.64 bits per heavy atom. The summed E-state index contributed by atoms with van der Waals surface area (Å²) in [5, 5.41) is 4.39. The summed E-state index contributed by atoms with van der Waals surface area (Å²) in [5.74, 6) is 1.25. The summed E-state index contributed by atoms with van der Waals surface area (Å²) < 4.78 is 7.38. The second-order valence-corrected chi connectivity index (χ2v) is 4.95. The van der Waals surface area contributed by atoms with Crippen molar-refractivity contribution in [2.45, 2.75) is 6.61 Å². The number of nitrogens with zero attached hydrogens (tertiary/aromatic N) is 3. The fourth-order valence-corrected chi connectivity index (χ4v) is 2.28. The summed E-state index contributed by atoms with van der Waals surface area (Å²) in [4.78, 5) is 7.74. The molecule has 0 aliphatic heterocycles. The van der Waals surface area contributed by atoms with E-state index in [-0.39, 0.29) is 0 Å². The molecule has 0 fully saturated rings. The van der Waals surface area contributed by atoms with Crippen molar-refractivity contribution in [3.8, 4) is 11.8 Å². The van der Waals surface area contributed by atoms with Gasteiger partial charge in [-0.2, -0.15) is 0 Å². The van der Waals surface area contributed by atoms with Crippen LogP contribution >= 0.6 is 0 Å². The molecule has 0 aliphatic carbocycles. The lowest BCUT2D eigenvalue weighted by Gasteiger charge is -2.02. The van der Waals surface area contributed by atoms with E-state index in [1.165, 1.54) is 0 Å². The van der Waals surface area contributed by atoms with Gasteiger partial charge >= 0.3 is 0 Å². The van der Waals surface area contributed by atoms with Crippen molar-refractivity contribution < 1.29 is 4.74 Å². The molecule has 0 aliphatic rings. The lowest BCUT2D eigenvalue weighted by Crippen LogP contribution is -1.99. The van der Waals surface area contributed by atoms with Crippen LogP contribution in [0.3, 0.4) is 0 Å². The largest absolute Gasteiger partial charge is 0.472 e. The first-order valence-electron chi connectivity index (χ1n) is 7.06. The molecule has 0 unspecified atom stereocenters. The Balaban J connectivity index is 1.53. The number of rotatable bonds is 4. The molecule has 5 heteroatoms. The molecular weight excluding hydrogens is 276 g/mol. The number of H-pyrrole nitrogens is 1. The van der Waals surface area contributed by atoms with Gasteiger partial charge in [0.25, 0.3) is 0 Å². The van der Waals surface area contributed by atoms with Crippen molar-refractivity contribution in [1.29, 1.82) is 0 Å². The molecule has 2 aromatic carbocycles. The van der Waals surface area contributed by atoms with E-state index >= 15 is 0 Å². The number of benzene rings is 2. The number of aromatic nitrogens is 4. The number of aromatic amines is 1. The summed E-state index contributed by atoms with van der Waals surface area (Å²) in [6.07, 6.45) is 1.83. The molecule has 5 nitrogen and oxygen atoms in total. The maximum absolute atomic E-state index is 5.69. The first kappa shape index (κ1) is 12.6. The summed E-state index contributed by atoms with van der Waals surface area (Å²) >= 11 is 0. The summed E-state index contributed by atoms with van der Waals surface area (Å²) in [7, 11) is 0. The predicted molar refractivity (Wildman–Crippen MR) is 84.0 cm³/mol. The van der Waals surface area contributed by atoms with Gasteiger partial charge in [-0.1, -0.05) is 42.5 Å². The molecule has 2 heterocycles. The number of para-hydroxylation sites is 2. The van der Waals surface area contributed by atoms with Gasteiger partial charge in [0.15, 0.2) is 0 Å². The van der Waals surface area contributed by atoms with Crippen LogP contribution in [-0.2, 0) is 6.61 Å². The smallest absolute Gasteiger partial charge is 0.233 e. The third-order valence-electron chi connectivity index (χ3n) is 3.39. The molecule has 4 rings (SSSR count). The van der Waals surface area contributed by atoms with E-state index in [0.29, 0.717) is 18.4 Å². The molecule has 1 N–H and O–H groups in total. The van der Waals surface area contributed by atoms with Crippen molar-refractivity contribution in [1.82, 2.24) is 19.7 Å².